The van der Waals surface area contributed by atoms with Gasteiger partial charge in [-0.2, -0.15) is 0 Å². The van der Waals surface area contributed by atoms with Gasteiger partial charge in [0.1, 0.15) is 5.82 Å². The number of nitrogens with two attached hydrogens (primary N) is 1. The maximum Gasteiger partial charge on any atom is 0.238 e. The lowest BCUT2D eigenvalue weighted by Crippen LogP contribution is -2.33. The Kier molecular flexibility index (Phi) is 5.14. The van der Waals surface area contributed by atoms with E-state index >= 15 is 0 Å². The van der Waals surface area contributed by atoms with Gasteiger partial charge in [0.2, 0.25) is 5.91 Å². The average Bonchev–Trinajstić information content (AvgIpc) is 2.92. The summed E-state index contributed by atoms with van der Waals surface area (Å²) >= 11 is 5.72. The second kappa shape index (κ2) is 7.30. The molecule has 2 atom stereocenters. The van der Waals surface area contributed by atoms with Crippen molar-refractivity contribution in [2.24, 2.45) is 5.73 Å². The van der Waals surface area contributed by atoms with Crippen molar-refractivity contribution in [1.82, 2.24) is 4.90 Å². The summed E-state index contributed by atoms with van der Waals surface area (Å²) in [6.07, 6.45) is 0. The minimum atomic E-state index is -0.508. The summed E-state index contributed by atoms with van der Waals surface area (Å²) < 4.78 is 13.1. The molecular weight excluding hydrogens is 329 g/mol. The third-order valence-electron chi connectivity index (χ3n) is 4.24. The van der Waals surface area contributed by atoms with Crippen LogP contribution in [0.15, 0.2) is 48.5 Å². The highest BCUT2D eigenvalue weighted by atomic mass is 35.5. The number of benzene rings is 2. The van der Waals surface area contributed by atoms with E-state index in [1.807, 2.05) is 23.1 Å². The van der Waals surface area contributed by atoms with Crippen LogP contribution >= 0.6 is 11.6 Å². The number of halogens is 2. The monoisotopic (exact) mass is 347 g/mol. The van der Waals surface area contributed by atoms with E-state index in [1.54, 1.807) is 0 Å². The zero-order valence-electron chi connectivity index (χ0n) is 13.1. The molecule has 0 aliphatic carbocycles. The lowest BCUT2D eigenvalue weighted by atomic mass is 9.95. The molecule has 1 aliphatic heterocycles. The van der Waals surface area contributed by atoms with Gasteiger partial charge < -0.3 is 11.1 Å². The molecule has 0 spiro atoms. The van der Waals surface area contributed by atoms with Crippen LogP contribution in [0.25, 0.3) is 0 Å². The fourth-order valence-corrected chi connectivity index (χ4v) is 3.25. The molecule has 3 rings (SSSR count). The third kappa shape index (κ3) is 3.93. The smallest absolute Gasteiger partial charge is 0.238 e. The zero-order valence-corrected chi connectivity index (χ0v) is 13.8. The standard InChI is InChI=1S/C18H19ClFN3O/c19-15-8-13(6-7-16(15)20)22-18(24)11-23-9-14(17(21)10-23)12-4-2-1-3-5-12/h1-8,14,17H,9-11,21H2,(H,22,24)/t14-,17+/m0/s1. The quantitative estimate of drug-likeness (QED) is 0.894. The Morgan fingerprint density at radius 1 is 1.25 bits per heavy atom. The number of hydrogen-bond donors (Lipinski definition) is 2. The van der Waals surface area contributed by atoms with Crippen LogP contribution in [-0.2, 0) is 4.79 Å². The molecule has 1 amide bonds. The van der Waals surface area contributed by atoms with Gasteiger partial charge in [0.25, 0.3) is 0 Å². The molecule has 1 heterocycles. The number of hydrogen-bond acceptors (Lipinski definition) is 3. The van der Waals surface area contributed by atoms with Crippen LogP contribution in [0.2, 0.25) is 5.02 Å². The summed E-state index contributed by atoms with van der Waals surface area (Å²) in [7, 11) is 0. The molecule has 2 aromatic carbocycles. The van der Waals surface area contributed by atoms with Crippen molar-refractivity contribution in [2.45, 2.75) is 12.0 Å². The van der Waals surface area contributed by atoms with Crippen LogP contribution in [0.1, 0.15) is 11.5 Å². The number of likely N-dealkylation sites (tertiary alicyclic amines) is 1. The van der Waals surface area contributed by atoms with E-state index in [1.165, 1.54) is 23.8 Å². The predicted molar refractivity (Wildman–Crippen MR) is 93.6 cm³/mol. The number of carbonyl (C=O) groups is 1. The summed E-state index contributed by atoms with van der Waals surface area (Å²) in [6.45, 7) is 1.64. The molecule has 24 heavy (non-hydrogen) atoms. The van der Waals surface area contributed by atoms with E-state index in [0.717, 1.165) is 6.54 Å². The molecule has 0 radical (unpaired) electrons. The number of rotatable bonds is 4. The average molecular weight is 348 g/mol. The van der Waals surface area contributed by atoms with Gasteiger partial charge >= 0.3 is 0 Å². The first-order valence-electron chi connectivity index (χ1n) is 7.80. The molecule has 1 saturated heterocycles. The number of nitrogens with one attached hydrogen (secondary N) is 1. The normalized spacial score (nSPS) is 21.0. The molecule has 4 nitrogen and oxygen atoms in total. The Morgan fingerprint density at radius 2 is 2.00 bits per heavy atom. The Labute approximate surface area is 145 Å². The number of nitrogens with zero attached hydrogens (tertiary/aromatic N) is 1. The molecule has 0 aromatic heterocycles. The van der Waals surface area contributed by atoms with E-state index in [2.05, 4.69) is 17.4 Å². The van der Waals surface area contributed by atoms with Crippen LogP contribution in [0.5, 0.6) is 0 Å². The fraction of sp³-hybridized carbons (Fsp3) is 0.278. The molecular formula is C18H19ClFN3O. The van der Waals surface area contributed by atoms with Gasteiger partial charge in [0.15, 0.2) is 0 Å². The lowest BCUT2D eigenvalue weighted by molar-refractivity contribution is -0.117. The summed E-state index contributed by atoms with van der Waals surface area (Å²) in [4.78, 5) is 14.2. The molecule has 0 saturated carbocycles. The van der Waals surface area contributed by atoms with Gasteiger partial charge in [0.05, 0.1) is 11.6 Å². The van der Waals surface area contributed by atoms with Gasteiger partial charge in [0, 0.05) is 30.7 Å². The van der Waals surface area contributed by atoms with Gasteiger partial charge in [-0.3, -0.25) is 9.69 Å². The topological polar surface area (TPSA) is 58.4 Å². The largest absolute Gasteiger partial charge is 0.326 e. The molecule has 0 unspecified atom stereocenters. The van der Waals surface area contributed by atoms with Crippen molar-refractivity contribution in [3.05, 3.63) is 64.9 Å². The first-order valence-corrected chi connectivity index (χ1v) is 8.18. The molecule has 2 aromatic rings. The maximum absolute atomic E-state index is 13.1. The SMILES string of the molecule is N[C@@H]1CN(CC(=O)Nc2ccc(F)c(Cl)c2)C[C@H]1c1ccccc1. The minimum Gasteiger partial charge on any atom is -0.326 e. The Bertz CT molecular complexity index is 725. The van der Waals surface area contributed by atoms with E-state index in [9.17, 15) is 9.18 Å². The van der Waals surface area contributed by atoms with Crippen LogP contribution in [0, 0.1) is 5.82 Å². The number of anilines is 1. The molecule has 1 fully saturated rings. The van der Waals surface area contributed by atoms with Crippen LogP contribution in [0.3, 0.4) is 0 Å². The third-order valence-corrected chi connectivity index (χ3v) is 4.53. The highest BCUT2D eigenvalue weighted by Gasteiger charge is 2.31. The second-order valence-electron chi connectivity index (χ2n) is 6.05. The van der Waals surface area contributed by atoms with Crippen molar-refractivity contribution in [1.29, 1.82) is 0 Å². The van der Waals surface area contributed by atoms with Gasteiger partial charge in [-0.25, -0.2) is 4.39 Å². The van der Waals surface area contributed by atoms with E-state index in [-0.39, 0.29) is 29.4 Å². The Morgan fingerprint density at radius 3 is 2.71 bits per heavy atom. The molecule has 6 heteroatoms. The first kappa shape index (κ1) is 16.9. The van der Waals surface area contributed by atoms with Crippen molar-refractivity contribution >= 4 is 23.2 Å². The van der Waals surface area contributed by atoms with Crippen LogP contribution in [0.4, 0.5) is 10.1 Å². The van der Waals surface area contributed by atoms with Crippen LogP contribution < -0.4 is 11.1 Å². The molecule has 0 bridgehead atoms. The van der Waals surface area contributed by atoms with Crippen LogP contribution in [-0.4, -0.2) is 36.5 Å². The van der Waals surface area contributed by atoms with E-state index in [4.69, 9.17) is 17.3 Å². The molecule has 126 valence electrons. The van der Waals surface area contributed by atoms with Crippen molar-refractivity contribution in [3.63, 3.8) is 0 Å². The van der Waals surface area contributed by atoms with Gasteiger partial charge in [-0.05, 0) is 23.8 Å². The Balaban J connectivity index is 1.58. The first-order chi connectivity index (χ1) is 11.5. The Hall–Kier alpha value is -1.95. The molecule has 3 N–H and O–H groups in total. The van der Waals surface area contributed by atoms with Crippen molar-refractivity contribution < 1.29 is 9.18 Å². The van der Waals surface area contributed by atoms with Crippen molar-refractivity contribution in [2.75, 3.05) is 25.0 Å². The summed E-state index contributed by atoms with van der Waals surface area (Å²) in [5, 5.41) is 2.72. The lowest BCUT2D eigenvalue weighted by Gasteiger charge is -2.16. The summed E-state index contributed by atoms with van der Waals surface area (Å²) in [5.74, 6) is -0.455. The number of amides is 1. The van der Waals surface area contributed by atoms with Gasteiger partial charge in [-0.15, -0.1) is 0 Å². The summed E-state index contributed by atoms with van der Waals surface area (Å²) in [6, 6.07) is 14.2. The van der Waals surface area contributed by atoms with E-state index in [0.29, 0.717) is 12.2 Å². The highest BCUT2D eigenvalue weighted by molar-refractivity contribution is 6.31. The minimum absolute atomic E-state index is 0.000431. The predicted octanol–water partition coefficient (Wildman–Crippen LogP) is 2.84. The molecule has 1 aliphatic rings. The second-order valence-corrected chi connectivity index (χ2v) is 6.46. The maximum atomic E-state index is 13.1. The van der Waals surface area contributed by atoms with Gasteiger partial charge in [-0.1, -0.05) is 41.9 Å². The zero-order chi connectivity index (χ0) is 17.1. The fourth-order valence-electron chi connectivity index (χ4n) is 3.07. The van der Waals surface area contributed by atoms with E-state index < -0.39 is 5.82 Å². The summed E-state index contributed by atoms with van der Waals surface area (Å²) in [5.41, 5.74) is 7.91. The highest BCUT2D eigenvalue weighted by Crippen LogP contribution is 2.26. The number of carbonyl (C=O) groups excluding carboxylic acids is 1. The van der Waals surface area contributed by atoms with Crippen molar-refractivity contribution in [3.8, 4) is 0 Å².